The molecule has 8 nitrogen and oxygen atoms in total. The second kappa shape index (κ2) is 8.33. The van der Waals surface area contributed by atoms with Crippen molar-refractivity contribution in [1.82, 2.24) is 14.9 Å². The third-order valence-electron chi connectivity index (χ3n) is 4.07. The van der Waals surface area contributed by atoms with Gasteiger partial charge in [0, 0.05) is 26.4 Å². The molecular weight excluding hydrogens is 338 g/mol. The molecule has 1 aliphatic rings. The fourth-order valence-electron chi connectivity index (χ4n) is 2.71. The molecule has 2 heterocycles. The van der Waals surface area contributed by atoms with Crippen molar-refractivity contribution in [3.05, 3.63) is 17.7 Å². The minimum atomic E-state index is -0.507. The number of aromatic amines is 1. The van der Waals surface area contributed by atoms with Gasteiger partial charge >= 0.3 is 12.1 Å². The molecule has 0 bridgehead atoms. The molecule has 0 unspecified atom stereocenters. The van der Waals surface area contributed by atoms with Crippen molar-refractivity contribution < 1.29 is 23.9 Å². The number of esters is 1. The fraction of sp³-hybridized carbons (Fsp3) is 0.667. The van der Waals surface area contributed by atoms with Crippen molar-refractivity contribution in [3.8, 4) is 0 Å². The molecule has 1 aromatic heterocycles. The second-order valence-electron chi connectivity index (χ2n) is 7.59. The summed E-state index contributed by atoms with van der Waals surface area (Å²) >= 11 is 0. The number of carbonyl (C=O) groups is 3. The lowest BCUT2D eigenvalue weighted by Gasteiger charge is -2.33. The number of carbonyl (C=O) groups excluding carboxylic acids is 3. The highest BCUT2D eigenvalue weighted by atomic mass is 16.6. The van der Waals surface area contributed by atoms with Crippen molar-refractivity contribution >= 4 is 17.8 Å². The van der Waals surface area contributed by atoms with Gasteiger partial charge in [0.1, 0.15) is 12.2 Å². The Balaban J connectivity index is 1.70. The number of H-pyrrole nitrogens is 1. The first-order chi connectivity index (χ1) is 12.1. The highest BCUT2D eigenvalue weighted by Crippen LogP contribution is 2.22. The predicted molar refractivity (Wildman–Crippen MR) is 93.5 cm³/mol. The maximum Gasteiger partial charge on any atom is 0.410 e. The van der Waals surface area contributed by atoms with Crippen LogP contribution in [0.25, 0.3) is 0 Å². The number of likely N-dealkylation sites (tertiary alicyclic amines) is 1. The van der Waals surface area contributed by atoms with Gasteiger partial charge in [-0.15, -0.1) is 0 Å². The number of nitrogens with one attached hydrogen (secondary N) is 1. The van der Waals surface area contributed by atoms with Gasteiger partial charge in [0.2, 0.25) is 0 Å². The molecule has 144 valence electrons. The molecule has 26 heavy (non-hydrogen) atoms. The molecule has 2 rings (SSSR count). The van der Waals surface area contributed by atoms with Gasteiger partial charge in [0.05, 0.1) is 11.9 Å². The highest BCUT2D eigenvalue weighted by Gasteiger charge is 2.28. The van der Waals surface area contributed by atoms with Gasteiger partial charge < -0.3 is 19.4 Å². The number of piperidine rings is 1. The van der Waals surface area contributed by atoms with Crippen LogP contribution >= 0.6 is 0 Å². The first kappa shape index (κ1) is 19.9. The Hall–Kier alpha value is -2.38. The van der Waals surface area contributed by atoms with E-state index in [9.17, 15) is 14.4 Å². The maximum atomic E-state index is 12.0. The lowest BCUT2D eigenvalue weighted by molar-refractivity contribution is -0.146. The molecule has 1 N–H and O–H groups in total. The lowest BCUT2D eigenvalue weighted by atomic mass is 9.94. The number of Topliss-reactive ketones (excluding diaryl/α,β-unsaturated/α-hetero) is 1. The van der Waals surface area contributed by atoms with Crippen molar-refractivity contribution in [2.75, 3.05) is 13.1 Å². The zero-order valence-corrected chi connectivity index (χ0v) is 15.8. The second-order valence-corrected chi connectivity index (χ2v) is 7.59. The summed E-state index contributed by atoms with van der Waals surface area (Å²) < 4.78 is 10.6. The highest BCUT2D eigenvalue weighted by molar-refractivity contribution is 5.90. The van der Waals surface area contributed by atoms with Gasteiger partial charge in [-0.1, -0.05) is 0 Å². The van der Waals surface area contributed by atoms with E-state index in [1.165, 1.54) is 13.1 Å². The molecule has 0 radical (unpaired) electrons. The first-order valence-electron chi connectivity index (χ1n) is 8.82. The van der Waals surface area contributed by atoms with Crippen molar-refractivity contribution in [2.45, 2.75) is 59.2 Å². The van der Waals surface area contributed by atoms with E-state index in [1.807, 2.05) is 20.8 Å². The van der Waals surface area contributed by atoms with Crippen LogP contribution in [0.3, 0.4) is 0 Å². The number of hydrogen-bond donors (Lipinski definition) is 1. The third-order valence-corrected chi connectivity index (χ3v) is 4.07. The van der Waals surface area contributed by atoms with Gasteiger partial charge in [-0.25, -0.2) is 9.78 Å². The van der Waals surface area contributed by atoms with Crippen LogP contribution in [0, 0.1) is 5.92 Å². The molecule has 0 atom stereocenters. The van der Waals surface area contributed by atoms with Crippen LogP contribution in [0.4, 0.5) is 4.79 Å². The summed E-state index contributed by atoms with van der Waals surface area (Å²) in [6.45, 7) is 8.16. The molecule has 0 aromatic carbocycles. The van der Waals surface area contributed by atoms with Crippen LogP contribution in [0.15, 0.2) is 6.20 Å². The summed E-state index contributed by atoms with van der Waals surface area (Å²) in [7, 11) is 0. The molecule has 1 saturated heterocycles. The van der Waals surface area contributed by atoms with E-state index < -0.39 is 5.60 Å². The molecule has 0 saturated carbocycles. The zero-order valence-electron chi connectivity index (χ0n) is 15.8. The van der Waals surface area contributed by atoms with Gasteiger partial charge in [-0.05, 0) is 39.5 Å². The van der Waals surface area contributed by atoms with E-state index in [1.54, 1.807) is 4.90 Å². The van der Waals surface area contributed by atoms with Crippen LogP contribution < -0.4 is 0 Å². The smallest absolute Gasteiger partial charge is 0.410 e. The first-order valence-corrected chi connectivity index (χ1v) is 8.82. The number of aromatic nitrogens is 2. The van der Waals surface area contributed by atoms with Crippen molar-refractivity contribution in [2.24, 2.45) is 5.92 Å². The summed E-state index contributed by atoms with van der Waals surface area (Å²) in [5.74, 6) is -0.0136. The molecule has 1 amide bonds. The van der Waals surface area contributed by atoms with Gasteiger partial charge in [0.15, 0.2) is 11.6 Å². The Labute approximate surface area is 153 Å². The Bertz CT molecular complexity index is 654. The largest absolute Gasteiger partial charge is 0.459 e. The molecule has 1 fully saturated rings. The van der Waals surface area contributed by atoms with Gasteiger partial charge in [0.25, 0.3) is 0 Å². The normalized spacial score (nSPS) is 15.6. The molecule has 0 aliphatic carbocycles. The monoisotopic (exact) mass is 365 g/mol. The quantitative estimate of drug-likeness (QED) is 0.636. The topological polar surface area (TPSA) is 102 Å². The van der Waals surface area contributed by atoms with Crippen LogP contribution in [-0.2, 0) is 20.9 Å². The maximum absolute atomic E-state index is 12.0. The van der Waals surface area contributed by atoms with E-state index in [2.05, 4.69) is 9.97 Å². The summed E-state index contributed by atoms with van der Waals surface area (Å²) in [4.78, 5) is 43.6. The Morgan fingerprint density at radius 3 is 2.46 bits per heavy atom. The zero-order chi connectivity index (χ0) is 19.3. The summed E-state index contributed by atoms with van der Waals surface area (Å²) in [5.41, 5.74) is 0.0791. The Kier molecular flexibility index (Phi) is 6.39. The Morgan fingerprint density at radius 2 is 1.92 bits per heavy atom. The summed E-state index contributed by atoms with van der Waals surface area (Å²) in [6.07, 6.45) is 2.98. The number of ether oxygens (including phenoxy) is 2. The third kappa shape index (κ3) is 6.16. The Morgan fingerprint density at radius 1 is 1.27 bits per heavy atom. The summed E-state index contributed by atoms with van der Waals surface area (Å²) in [5, 5.41) is 0. The number of ketones is 1. The van der Waals surface area contributed by atoms with Crippen LogP contribution in [0.2, 0.25) is 0 Å². The molecule has 1 aromatic rings. The SMILES string of the molecule is CC(=O)c1ncc(COC(=O)CC2CCN(C(=O)OC(C)(C)C)CC2)[nH]1. The van der Waals surface area contributed by atoms with E-state index >= 15 is 0 Å². The standard InChI is InChI=1S/C18H27N3O5/c1-12(22)16-19-10-14(20-16)11-25-15(23)9-13-5-7-21(8-6-13)17(24)26-18(2,3)4/h10,13H,5-9,11H2,1-4H3,(H,19,20). The van der Waals surface area contributed by atoms with E-state index in [4.69, 9.17) is 9.47 Å². The summed E-state index contributed by atoms with van der Waals surface area (Å²) in [6, 6.07) is 0. The molecule has 1 aliphatic heterocycles. The average Bonchev–Trinajstić information content (AvgIpc) is 3.01. The van der Waals surface area contributed by atoms with E-state index in [0.717, 1.165) is 12.8 Å². The average molecular weight is 365 g/mol. The van der Waals surface area contributed by atoms with Crippen LogP contribution in [0.5, 0.6) is 0 Å². The van der Waals surface area contributed by atoms with Crippen LogP contribution in [0.1, 0.15) is 63.3 Å². The van der Waals surface area contributed by atoms with Crippen molar-refractivity contribution in [3.63, 3.8) is 0 Å². The lowest BCUT2D eigenvalue weighted by Crippen LogP contribution is -2.42. The van der Waals surface area contributed by atoms with Gasteiger partial charge in [-0.2, -0.15) is 0 Å². The molecule has 0 spiro atoms. The predicted octanol–water partition coefficient (Wildman–Crippen LogP) is 2.69. The number of imidazole rings is 1. The number of hydrogen-bond acceptors (Lipinski definition) is 6. The van der Waals surface area contributed by atoms with E-state index in [0.29, 0.717) is 25.2 Å². The fourth-order valence-corrected chi connectivity index (χ4v) is 2.71. The molecule has 8 heteroatoms. The van der Waals surface area contributed by atoms with Gasteiger partial charge in [-0.3, -0.25) is 9.59 Å². The van der Waals surface area contributed by atoms with Crippen LogP contribution in [-0.4, -0.2) is 51.4 Å². The van der Waals surface area contributed by atoms with E-state index in [-0.39, 0.29) is 36.2 Å². The number of rotatable bonds is 5. The minimum absolute atomic E-state index is 0.0653. The minimum Gasteiger partial charge on any atom is -0.459 e. The number of nitrogens with zero attached hydrogens (tertiary/aromatic N) is 2. The molecular formula is C18H27N3O5. The number of amides is 1. The van der Waals surface area contributed by atoms with Crippen molar-refractivity contribution in [1.29, 1.82) is 0 Å².